The van der Waals surface area contributed by atoms with Crippen molar-refractivity contribution in [1.29, 1.82) is 0 Å². The fourth-order valence-electron chi connectivity index (χ4n) is 3.82. The second kappa shape index (κ2) is 13.4. The van der Waals surface area contributed by atoms with Crippen molar-refractivity contribution in [3.63, 3.8) is 0 Å². The van der Waals surface area contributed by atoms with Crippen molar-refractivity contribution < 1.29 is 30.0 Å². The van der Waals surface area contributed by atoms with Crippen LogP contribution in [0, 0.1) is 0 Å². The van der Waals surface area contributed by atoms with Crippen LogP contribution < -0.4 is 5.73 Å². The maximum atomic E-state index is 11.7. The normalized spacial score (nSPS) is 12.2. The molecule has 0 aliphatic rings. The van der Waals surface area contributed by atoms with E-state index in [1.165, 1.54) is 0 Å². The number of unbranched alkanes of at least 4 members (excludes halogenated alkanes) is 1. The minimum absolute atomic E-state index is 0.0733. The number of carbonyl (C=O) groups is 2. The van der Waals surface area contributed by atoms with E-state index in [9.17, 15) is 30.0 Å². The molecule has 1 unspecified atom stereocenters. The highest BCUT2D eigenvalue weighted by Crippen LogP contribution is 2.23. The van der Waals surface area contributed by atoms with Crippen molar-refractivity contribution in [3.8, 4) is 11.5 Å². The molecule has 0 heterocycles. The van der Waals surface area contributed by atoms with Crippen LogP contribution in [0.4, 0.5) is 0 Å². The van der Waals surface area contributed by atoms with Gasteiger partial charge in [-0.2, -0.15) is 0 Å². The highest BCUT2D eigenvalue weighted by atomic mass is 16.4. The number of hydrogen-bond donors (Lipinski definition) is 5. The lowest BCUT2D eigenvalue weighted by Gasteiger charge is -2.35. The lowest BCUT2D eigenvalue weighted by molar-refractivity contribution is -0.141. The Morgan fingerprint density at radius 3 is 1.88 bits per heavy atom. The summed E-state index contributed by atoms with van der Waals surface area (Å²) in [4.78, 5) is 26.6. The second-order valence-electron chi connectivity index (χ2n) is 8.06. The molecule has 0 bridgehead atoms. The van der Waals surface area contributed by atoms with E-state index in [1.54, 1.807) is 58.3 Å². The van der Waals surface area contributed by atoms with Crippen LogP contribution in [0.25, 0.3) is 0 Å². The van der Waals surface area contributed by atoms with Crippen LogP contribution >= 0.6 is 0 Å². The Labute approximate surface area is 193 Å². The number of aliphatic carboxylic acids is 2. The molecule has 2 aromatic carbocycles. The van der Waals surface area contributed by atoms with Gasteiger partial charge in [-0.1, -0.05) is 42.8 Å². The molecule has 6 N–H and O–H groups in total. The molecule has 0 aromatic heterocycles. The van der Waals surface area contributed by atoms with E-state index in [1.807, 2.05) is 0 Å². The zero-order valence-corrected chi connectivity index (χ0v) is 18.6. The van der Waals surface area contributed by atoms with Crippen LogP contribution in [0.15, 0.2) is 48.5 Å². The molecule has 33 heavy (non-hydrogen) atoms. The van der Waals surface area contributed by atoms with Crippen molar-refractivity contribution in [2.75, 3.05) is 26.2 Å². The Hall–Kier alpha value is -3.14. The number of nitrogens with zero attached hydrogens (tertiary/aromatic N) is 2. The van der Waals surface area contributed by atoms with Gasteiger partial charge in [-0.25, -0.2) is 0 Å². The molecule has 0 aliphatic heterocycles. The first-order valence-corrected chi connectivity index (χ1v) is 10.9. The molecule has 0 saturated heterocycles. The zero-order valence-electron chi connectivity index (χ0n) is 18.6. The van der Waals surface area contributed by atoms with Crippen molar-refractivity contribution in [1.82, 2.24) is 9.80 Å². The SMILES string of the molecule is NCCCCC(CN(CC(=O)O)Cc1ccccc1O)N(CC(=O)O)Cc1ccccc1O. The number of benzene rings is 2. The summed E-state index contributed by atoms with van der Waals surface area (Å²) in [5.41, 5.74) is 6.82. The molecule has 0 radical (unpaired) electrons. The molecular formula is C24H33N3O6. The fraction of sp³-hybridized carbons (Fsp3) is 0.417. The number of nitrogens with two attached hydrogens (primary N) is 1. The number of rotatable bonds is 15. The minimum Gasteiger partial charge on any atom is -0.508 e. The van der Waals surface area contributed by atoms with E-state index >= 15 is 0 Å². The Morgan fingerprint density at radius 2 is 1.36 bits per heavy atom. The average Bonchev–Trinajstić information content (AvgIpc) is 2.75. The van der Waals surface area contributed by atoms with Crippen LogP contribution in [0.2, 0.25) is 0 Å². The molecule has 9 heteroatoms. The Balaban J connectivity index is 2.30. The number of carboxylic acid groups (broad SMARTS) is 2. The van der Waals surface area contributed by atoms with E-state index in [0.29, 0.717) is 24.1 Å². The molecule has 0 aliphatic carbocycles. The van der Waals surface area contributed by atoms with Gasteiger partial charge in [0.25, 0.3) is 0 Å². The second-order valence-corrected chi connectivity index (χ2v) is 8.06. The minimum atomic E-state index is -1.02. The van der Waals surface area contributed by atoms with Gasteiger partial charge in [-0.05, 0) is 31.5 Å². The van der Waals surface area contributed by atoms with Crippen molar-refractivity contribution >= 4 is 11.9 Å². The van der Waals surface area contributed by atoms with Gasteiger partial charge in [0.2, 0.25) is 0 Å². The summed E-state index contributed by atoms with van der Waals surface area (Å²) in [6.45, 7) is 0.639. The number of phenols is 2. The van der Waals surface area contributed by atoms with E-state index < -0.39 is 11.9 Å². The van der Waals surface area contributed by atoms with Crippen LogP contribution in [-0.2, 0) is 22.7 Å². The topological polar surface area (TPSA) is 148 Å². The van der Waals surface area contributed by atoms with Crippen molar-refractivity contribution in [2.24, 2.45) is 5.73 Å². The summed E-state index contributed by atoms with van der Waals surface area (Å²) in [5, 5.41) is 39.4. The van der Waals surface area contributed by atoms with Gasteiger partial charge in [-0.3, -0.25) is 19.4 Å². The number of carboxylic acids is 2. The standard InChI is InChI=1S/C24H33N3O6/c25-12-6-5-9-20(27(17-24(32)33)14-19-8-2-4-11-22(19)29)15-26(16-23(30)31)13-18-7-1-3-10-21(18)28/h1-4,7-8,10-11,20,28-29H,5-6,9,12-17,25H2,(H,30,31)(H,32,33). The van der Waals surface area contributed by atoms with E-state index in [4.69, 9.17) is 5.73 Å². The first kappa shape index (κ1) is 26.1. The summed E-state index contributed by atoms with van der Waals surface area (Å²) < 4.78 is 0. The molecule has 2 aromatic rings. The first-order chi connectivity index (χ1) is 15.8. The Kier molecular flexibility index (Phi) is 10.6. The number of aromatic hydroxyl groups is 2. The Morgan fingerprint density at radius 1 is 0.818 bits per heavy atom. The van der Waals surface area contributed by atoms with E-state index in [-0.39, 0.29) is 50.3 Å². The van der Waals surface area contributed by atoms with Crippen LogP contribution in [0.5, 0.6) is 11.5 Å². The highest BCUT2D eigenvalue weighted by Gasteiger charge is 2.25. The van der Waals surface area contributed by atoms with Gasteiger partial charge in [-0.15, -0.1) is 0 Å². The maximum Gasteiger partial charge on any atom is 0.317 e. The van der Waals surface area contributed by atoms with Gasteiger partial charge in [0.05, 0.1) is 13.1 Å². The molecule has 2 rings (SSSR count). The van der Waals surface area contributed by atoms with Gasteiger partial charge in [0.15, 0.2) is 0 Å². The molecule has 0 amide bonds. The lowest BCUT2D eigenvalue weighted by atomic mass is 10.0. The maximum absolute atomic E-state index is 11.7. The molecule has 9 nitrogen and oxygen atoms in total. The summed E-state index contributed by atoms with van der Waals surface area (Å²) in [6, 6.07) is 13.2. The lowest BCUT2D eigenvalue weighted by Crippen LogP contribution is -2.46. The van der Waals surface area contributed by atoms with Gasteiger partial charge in [0.1, 0.15) is 11.5 Å². The zero-order chi connectivity index (χ0) is 24.2. The highest BCUT2D eigenvalue weighted by molar-refractivity contribution is 5.69. The molecule has 0 saturated carbocycles. The fourth-order valence-corrected chi connectivity index (χ4v) is 3.82. The number of para-hydroxylation sites is 2. The quantitative estimate of drug-likeness (QED) is 0.252. The summed E-state index contributed by atoms with van der Waals surface area (Å²) in [7, 11) is 0. The van der Waals surface area contributed by atoms with Crippen molar-refractivity contribution in [3.05, 3.63) is 59.7 Å². The monoisotopic (exact) mass is 459 g/mol. The van der Waals surface area contributed by atoms with Crippen LogP contribution in [-0.4, -0.2) is 74.4 Å². The predicted molar refractivity (Wildman–Crippen MR) is 124 cm³/mol. The van der Waals surface area contributed by atoms with Crippen LogP contribution in [0.3, 0.4) is 0 Å². The third-order valence-electron chi connectivity index (χ3n) is 5.42. The van der Waals surface area contributed by atoms with E-state index in [2.05, 4.69) is 0 Å². The molecule has 1 atom stereocenters. The van der Waals surface area contributed by atoms with E-state index in [0.717, 1.165) is 12.8 Å². The van der Waals surface area contributed by atoms with Crippen LogP contribution in [0.1, 0.15) is 30.4 Å². The summed E-state index contributed by atoms with van der Waals surface area (Å²) >= 11 is 0. The first-order valence-electron chi connectivity index (χ1n) is 10.9. The largest absolute Gasteiger partial charge is 0.508 e. The number of hydrogen-bond acceptors (Lipinski definition) is 7. The van der Waals surface area contributed by atoms with Crippen molar-refractivity contribution in [2.45, 2.75) is 38.4 Å². The molecule has 180 valence electrons. The number of phenolic OH excluding ortho intramolecular Hbond substituents is 2. The molecule has 0 spiro atoms. The van der Waals surface area contributed by atoms with Gasteiger partial charge in [0, 0.05) is 36.8 Å². The van der Waals surface area contributed by atoms with Gasteiger partial charge >= 0.3 is 11.9 Å². The predicted octanol–water partition coefficient (Wildman–Crippen LogP) is 2.07. The average molecular weight is 460 g/mol. The third kappa shape index (κ3) is 9.09. The molecule has 0 fully saturated rings. The summed E-state index contributed by atoms with van der Waals surface area (Å²) in [6.07, 6.45) is 2.11. The Bertz CT molecular complexity index is 907. The third-order valence-corrected chi connectivity index (χ3v) is 5.42. The summed E-state index contributed by atoms with van der Waals surface area (Å²) in [5.74, 6) is -1.88. The smallest absolute Gasteiger partial charge is 0.317 e. The van der Waals surface area contributed by atoms with Gasteiger partial charge < -0.3 is 26.2 Å². The molecular weight excluding hydrogens is 426 g/mol.